The van der Waals surface area contributed by atoms with Crippen molar-refractivity contribution in [1.29, 1.82) is 0 Å². The van der Waals surface area contributed by atoms with Crippen LogP contribution in [0.15, 0.2) is 34.8 Å². The molecule has 0 aliphatic carbocycles. The van der Waals surface area contributed by atoms with Crippen LogP contribution in [-0.2, 0) is 9.53 Å². The van der Waals surface area contributed by atoms with Crippen LogP contribution < -0.4 is 0 Å². The van der Waals surface area contributed by atoms with E-state index in [-0.39, 0.29) is 5.97 Å². The molecule has 19 heavy (non-hydrogen) atoms. The molecule has 3 heteroatoms. The number of hydrogen-bond acceptors (Lipinski definition) is 2. The fourth-order valence-corrected chi connectivity index (χ4v) is 1.99. The van der Waals surface area contributed by atoms with E-state index >= 15 is 0 Å². The molecule has 1 aromatic rings. The van der Waals surface area contributed by atoms with Crippen molar-refractivity contribution in [3.8, 4) is 0 Å². The molecule has 104 valence electrons. The summed E-state index contributed by atoms with van der Waals surface area (Å²) in [5, 5.41) is 0. The van der Waals surface area contributed by atoms with Gasteiger partial charge in [-0.2, -0.15) is 0 Å². The second-order valence-electron chi connectivity index (χ2n) is 4.77. The Hall–Kier alpha value is -1.09. The van der Waals surface area contributed by atoms with Crippen LogP contribution in [0.3, 0.4) is 0 Å². The van der Waals surface area contributed by atoms with E-state index in [4.69, 9.17) is 4.74 Å². The molecule has 0 aliphatic heterocycles. The molecular formula is C16H21BrO2. The molecule has 1 unspecified atom stereocenters. The lowest BCUT2D eigenvalue weighted by atomic mass is 10.0. The molecule has 0 bridgehead atoms. The number of allylic oxidation sites excluding steroid dienone is 1. The van der Waals surface area contributed by atoms with Crippen molar-refractivity contribution in [3.63, 3.8) is 0 Å². The van der Waals surface area contributed by atoms with Crippen LogP contribution >= 0.6 is 15.9 Å². The summed E-state index contributed by atoms with van der Waals surface area (Å²) in [6.07, 6.45) is 7.45. The molecule has 0 radical (unpaired) electrons. The van der Waals surface area contributed by atoms with E-state index in [0.29, 0.717) is 12.5 Å². The second-order valence-corrected chi connectivity index (χ2v) is 5.68. The van der Waals surface area contributed by atoms with Gasteiger partial charge in [-0.25, -0.2) is 0 Å². The highest BCUT2D eigenvalue weighted by atomic mass is 79.9. The molecular weight excluding hydrogens is 304 g/mol. The summed E-state index contributed by atoms with van der Waals surface area (Å²) < 4.78 is 6.04. The smallest absolute Gasteiger partial charge is 0.302 e. The Morgan fingerprint density at radius 3 is 2.63 bits per heavy atom. The van der Waals surface area contributed by atoms with E-state index in [0.717, 1.165) is 23.7 Å². The Morgan fingerprint density at radius 1 is 1.32 bits per heavy atom. The summed E-state index contributed by atoms with van der Waals surface area (Å²) in [4.78, 5) is 10.6. The number of esters is 1. The van der Waals surface area contributed by atoms with Gasteiger partial charge in [0, 0.05) is 11.4 Å². The summed E-state index contributed by atoms with van der Waals surface area (Å²) in [7, 11) is 0. The predicted molar refractivity (Wildman–Crippen MR) is 82.8 cm³/mol. The standard InChI is InChI=1S/C16H21BrO2/c1-13(11-12-19-14(2)18)5-3-4-6-15-7-9-16(17)10-8-15/h4,6-10,13H,3,5,11-12H2,1-2H3/b6-4+. The van der Waals surface area contributed by atoms with Crippen molar-refractivity contribution >= 4 is 28.0 Å². The van der Waals surface area contributed by atoms with Crippen molar-refractivity contribution < 1.29 is 9.53 Å². The maximum atomic E-state index is 10.6. The number of carbonyl (C=O) groups is 1. The van der Waals surface area contributed by atoms with Gasteiger partial charge in [-0.3, -0.25) is 4.79 Å². The number of halogens is 1. The Bertz CT molecular complexity index is 409. The van der Waals surface area contributed by atoms with Gasteiger partial charge in [-0.15, -0.1) is 0 Å². The minimum absolute atomic E-state index is 0.192. The number of hydrogen-bond donors (Lipinski definition) is 0. The lowest BCUT2D eigenvalue weighted by molar-refractivity contribution is -0.141. The van der Waals surface area contributed by atoms with Crippen LogP contribution in [0.1, 0.15) is 38.7 Å². The van der Waals surface area contributed by atoms with Crippen LogP contribution in [0.4, 0.5) is 0 Å². The number of benzene rings is 1. The van der Waals surface area contributed by atoms with Gasteiger partial charge in [0.15, 0.2) is 0 Å². The van der Waals surface area contributed by atoms with Gasteiger partial charge in [-0.05, 0) is 42.9 Å². The first-order valence-corrected chi connectivity index (χ1v) is 7.42. The van der Waals surface area contributed by atoms with Crippen molar-refractivity contribution in [3.05, 3.63) is 40.4 Å². The van der Waals surface area contributed by atoms with E-state index in [2.05, 4.69) is 47.1 Å². The van der Waals surface area contributed by atoms with E-state index in [1.807, 2.05) is 12.1 Å². The van der Waals surface area contributed by atoms with Crippen LogP contribution in [0.25, 0.3) is 6.08 Å². The van der Waals surface area contributed by atoms with E-state index in [1.165, 1.54) is 12.5 Å². The van der Waals surface area contributed by atoms with Crippen LogP contribution in [0.2, 0.25) is 0 Å². The van der Waals surface area contributed by atoms with Crippen molar-refractivity contribution in [2.24, 2.45) is 5.92 Å². The topological polar surface area (TPSA) is 26.3 Å². The zero-order valence-corrected chi connectivity index (χ0v) is 13.2. The monoisotopic (exact) mass is 324 g/mol. The van der Waals surface area contributed by atoms with E-state index in [9.17, 15) is 4.79 Å². The average Bonchev–Trinajstić information content (AvgIpc) is 2.36. The van der Waals surface area contributed by atoms with Crippen molar-refractivity contribution in [1.82, 2.24) is 0 Å². The molecule has 0 spiro atoms. The molecule has 0 saturated heterocycles. The Morgan fingerprint density at radius 2 is 2.00 bits per heavy atom. The quantitative estimate of drug-likeness (QED) is 0.671. The van der Waals surface area contributed by atoms with E-state index in [1.54, 1.807) is 0 Å². The molecule has 0 aliphatic rings. The molecule has 1 atom stereocenters. The highest BCUT2D eigenvalue weighted by Crippen LogP contribution is 2.14. The molecule has 2 nitrogen and oxygen atoms in total. The first kappa shape index (κ1) is 16.0. The Balaban J connectivity index is 2.18. The first-order chi connectivity index (χ1) is 9.08. The van der Waals surface area contributed by atoms with Gasteiger partial charge in [0.1, 0.15) is 0 Å². The highest BCUT2D eigenvalue weighted by molar-refractivity contribution is 9.10. The second kappa shape index (κ2) is 8.92. The van der Waals surface area contributed by atoms with Crippen LogP contribution in [-0.4, -0.2) is 12.6 Å². The largest absolute Gasteiger partial charge is 0.466 e. The van der Waals surface area contributed by atoms with Gasteiger partial charge < -0.3 is 4.74 Å². The Labute approximate surface area is 124 Å². The lowest BCUT2D eigenvalue weighted by Crippen LogP contribution is -2.05. The number of rotatable bonds is 7. The fourth-order valence-electron chi connectivity index (χ4n) is 1.72. The average molecular weight is 325 g/mol. The minimum atomic E-state index is -0.192. The molecule has 1 aromatic carbocycles. The third-order valence-corrected chi connectivity index (χ3v) is 3.45. The molecule has 0 heterocycles. The SMILES string of the molecule is CC(=O)OCCC(C)CC/C=C/c1ccc(Br)cc1. The van der Waals surface area contributed by atoms with Crippen molar-refractivity contribution in [2.75, 3.05) is 6.61 Å². The van der Waals surface area contributed by atoms with Gasteiger partial charge in [0.05, 0.1) is 6.61 Å². The first-order valence-electron chi connectivity index (χ1n) is 6.63. The predicted octanol–water partition coefficient (Wildman–Crippen LogP) is 4.83. The third-order valence-electron chi connectivity index (χ3n) is 2.92. The zero-order valence-electron chi connectivity index (χ0n) is 11.6. The maximum absolute atomic E-state index is 10.6. The molecule has 0 saturated carbocycles. The summed E-state index contributed by atoms with van der Waals surface area (Å²) in [5.41, 5.74) is 1.22. The normalized spacial score (nSPS) is 12.6. The summed E-state index contributed by atoms with van der Waals surface area (Å²) in [6, 6.07) is 8.26. The molecule has 0 fully saturated rings. The maximum Gasteiger partial charge on any atom is 0.302 e. The zero-order chi connectivity index (χ0) is 14.1. The number of ether oxygens (including phenoxy) is 1. The summed E-state index contributed by atoms with van der Waals surface area (Å²) in [5.74, 6) is 0.385. The van der Waals surface area contributed by atoms with Gasteiger partial charge in [0.2, 0.25) is 0 Å². The molecule has 0 aromatic heterocycles. The molecule has 0 amide bonds. The highest BCUT2D eigenvalue weighted by Gasteiger charge is 2.02. The van der Waals surface area contributed by atoms with Gasteiger partial charge in [0.25, 0.3) is 0 Å². The van der Waals surface area contributed by atoms with Gasteiger partial charge in [-0.1, -0.05) is 47.1 Å². The van der Waals surface area contributed by atoms with Crippen LogP contribution in [0.5, 0.6) is 0 Å². The van der Waals surface area contributed by atoms with Gasteiger partial charge >= 0.3 is 5.97 Å². The minimum Gasteiger partial charge on any atom is -0.466 e. The van der Waals surface area contributed by atoms with Crippen LogP contribution in [0, 0.1) is 5.92 Å². The number of carbonyl (C=O) groups excluding carboxylic acids is 1. The molecule has 0 N–H and O–H groups in total. The molecule has 1 rings (SSSR count). The third kappa shape index (κ3) is 7.83. The summed E-state index contributed by atoms with van der Waals surface area (Å²) in [6.45, 7) is 4.18. The van der Waals surface area contributed by atoms with Crippen molar-refractivity contribution in [2.45, 2.75) is 33.1 Å². The van der Waals surface area contributed by atoms with E-state index < -0.39 is 0 Å². The summed E-state index contributed by atoms with van der Waals surface area (Å²) >= 11 is 3.42. The lowest BCUT2D eigenvalue weighted by Gasteiger charge is -2.09. The fraction of sp³-hybridized carbons (Fsp3) is 0.438. The Kier molecular flexibility index (Phi) is 7.49.